The van der Waals surface area contributed by atoms with Crippen molar-refractivity contribution < 1.29 is 32.2 Å². The summed E-state index contributed by atoms with van der Waals surface area (Å²) < 4.78 is 39.4. The van der Waals surface area contributed by atoms with Gasteiger partial charge in [-0.15, -0.1) is 0 Å². The molecule has 2 aromatic carbocycles. The van der Waals surface area contributed by atoms with Gasteiger partial charge in [-0.2, -0.15) is 0 Å². The average Bonchev–Trinajstić information content (AvgIpc) is 3.03. The fourth-order valence-corrected chi connectivity index (χ4v) is 5.66. The number of halogens is 1. The number of sulfone groups is 1. The fourth-order valence-electron chi connectivity index (χ4n) is 3.38. The number of benzene rings is 2. The van der Waals surface area contributed by atoms with E-state index in [4.69, 9.17) is 25.8 Å². The van der Waals surface area contributed by atoms with Gasteiger partial charge in [0.05, 0.1) is 29.7 Å². The summed E-state index contributed by atoms with van der Waals surface area (Å²) in [6.07, 6.45) is 0.321. The summed E-state index contributed by atoms with van der Waals surface area (Å²) in [5.74, 6) is -0.664. The van der Waals surface area contributed by atoms with Gasteiger partial charge >= 0.3 is 5.97 Å². The van der Waals surface area contributed by atoms with Crippen LogP contribution in [0.15, 0.2) is 42.5 Å². The van der Waals surface area contributed by atoms with Crippen LogP contribution in [-0.4, -0.2) is 51.1 Å². The molecule has 3 rings (SSSR count). The van der Waals surface area contributed by atoms with E-state index < -0.39 is 33.9 Å². The molecule has 0 saturated carbocycles. The first-order valence-electron chi connectivity index (χ1n) is 9.84. The summed E-state index contributed by atoms with van der Waals surface area (Å²) in [5.41, 5.74) is 0.121. The molecule has 0 spiro atoms. The fraction of sp³-hybridized carbons (Fsp3) is 0.364. The molecule has 2 aromatic rings. The summed E-state index contributed by atoms with van der Waals surface area (Å²) in [6, 6.07) is 11.8. The predicted octanol–water partition coefficient (Wildman–Crippen LogP) is 2.78. The SMILES string of the molecule is COc1cc(C(=O)OCC(=O)NC2(C)CCS(=O)(=O)C2)ccc1OCc1ccccc1Cl. The second-order valence-corrected chi connectivity index (χ2v) is 10.4. The second-order valence-electron chi connectivity index (χ2n) is 7.77. The van der Waals surface area contributed by atoms with Crippen molar-refractivity contribution in [1.29, 1.82) is 0 Å². The molecule has 0 aliphatic carbocycles. The van der Waals surface area contributed by atoms with E-state index in [0.717, 1.165) is 5.56 Å². The number of hydrogen-bond acceptors (Lipinski definition) is 7. The van der Waals surface area contributed by atoms with Crippen molar-refractivity contribution in [3.05, 3.63) is 58.6 Å². The van der Waals surface area contributed by atoms with Crippen molar-refractivity contribution >= 4 is 33.3 Å². The summed E-state index contributed by atoms with van der Waals surface area (Å²) in [4.78, 5) is 24.5. The van der Waals surface area contributed by atoms with Crippen molar-refractivity contribution in [1.82, 2.24) is 5.32 Å². The third-order valence-corrected chi connectivity index (χ3v) is 7.29. The Bertz CT molecular complexity index is 1120. The van der Waals surface area contributed by atoms with E-state index >= 15 is 0 Å². The van der Waals surface area contributed by atoms with Gasteiger partial charge in [0.1, 0.15) is 6.61 Å². The molecule has 1 saturated heterocycles. The molecule has 172 valence electrons. The molecule has 8 nitrogen and oxygen atoms in total. The predicted molar refractivity (Wildman–Crippen MR) is 119 cm³/mol. The van der Waals surface area contributed by atoms with Crippen molar-refractivity contribution in [3.8, 4) is 11.5 Å². The monoisotopic (exact) mass is 481 g/mol. The molecule has 0 bridgehead atoms. The van der Waals surface area contributed by atoms with Gasteiger partial charge in [-0.1, -0.05) is 29.8 Å². The van der Waals surface area contributed by atoms with Gasteiger partial charge in [0, 0.05) is 10.6 Å². The topological polar surface area (TPSA) is 108 Å². The normalized spacial score (nSPS) is 19.2. The van der Waals surface area contributed by atoms with Crippen molar-refractivity contribution in [2.24, 2.45) is 0 Å². The zero-order valence-electron chi connectivity index (χ0n) is 17.7. The van der Waals surface area contributed by atoms with Gasteiger partial charge in [0.2, 0.25) is 0 Å². The summed E-state index contributed by atoms with van der Waals surface area (Å²) in [5, 5.41) is 3.21. The number of nitrogens with one attached hydrogen (secondary N) is 1. The van der Waals surface area contributed by atoms with E-state index in [2.05, 4.69) is 5.32 Å². The van der Waals surface area contributed by atoms with Crippen LogP contribution in [0.2, 0.25) is 5.02 Å². The zero-order chi connectivity index (χ0) is 23.4. The number of amides is 1. The number of carbonyl (C=O) groups excluding carboxylic acids is 2. The number of esters is 1. The lowest BCUT2D eigenvalue weighted by molar-refractivity contribution is -0.125. The Labute approximate surface area is 191 Å². The van der Waals surface area contributed by atoms with Crippen LogP contribution < -0.4 is 14.8 Å². The molecule has 1 aliphatic heterocycles. The summed E-state index contributed by atoms with van der Waals surface area (Å²) in [6.45, 7) is 1.35. The number of ether oxygens (including phenoxy) is 3. The van der Waals surface area contributed by atoms with Crippen LogP contribution in [0.5, 0.6) is 11.5 Å². The third-order valence-electron chi connectivity index (χ3n) is 5.02. The number of methoxy groups -OCH3 is 1. The maximum atomic E-state index is 12.4. The minimum atomic E-state index is -3.17. The molecule has 1 aliphatic rings. The minimum absolute atomic E-state index is 0.0221. The van der Waals surface area contributed by atoms with E-state index in [1.54, 1.807) is 19.1 Å². The lowest BCUT2D eigenvalue weighted by Crippen LogP contribution is -2.48. The second kappa shape index (κ2) is 9.79. The molecule has 1 atom stereocenters. The maximum Gasteiger partial charge on any atom is 0.338 e. The van der Waals surface area contributed by atoms with Gasteiger partial charge in [0.15, 0.2) is 27.9 Å². The van der Waals surface area contributed by atoms with E-state index in [9.17, 15) is 18.0 Å². The zero-order valence-corrected chi connectivity index (χ0v) is 19.3. The highest BCUT2D eigenvalue weighted by molar-refractivity contribution is 7.91. The molecule has 1 fully saturated rings. The van der Waals surface area contributed by atoms with Crippen LogP contribution in [0.1, 0.15) is 29.3 Å². The maximum absolute atomic E-state index is 12.4. The highest BCUT2D eigenvalue weighted by atomic mass is 35.5. The molecule has 1 heterocycles. The molecule has 0 aromatic heterocycles. The molecule has 1 unspecified atom stereocenters. The molecule has 0 radical (unpaired) electrons. The molecule has 10 heteroatoms. The van der Waals surface area contributed by atoms with Crippen LogP contribution in [0.3, 0.4) is 0 Å². The van der Waals surface area contributed by atoms with Crippen LogP contribution in [0.25, 0.3) is 0 Å². The molecular weight excluding hydrogens is 458 g/mol. The third kappa shape index (κ3) is 6.14. The van der Waals surface area contributed by atoms with Crippen molar-refractivity contribution in [2.45, 2.75) is 25.5 Å². The molecule has 32 heavy (non-hydrogen) atoms. The number of hydrogen-bond donors (Lipinski definition) is 1. The Balaban J connectivity index is 1.57. The first kappa shape index (κ1) is 23.9. The van der Waals surface area contributed by atoms with E-state index in [1.807, 2.05) is 18.2 Å². The number of carbonyl (C=O) groups is 2. The average molecular weight is 482 g/mol. The minimum Gasteiger partial charge on any atom is -0.493 e. The van der Waals surface area contributed by atoms with Crippen molar-refractivity contribution in [2.75, 3.05) is 25.2 Å². The Morgan fingerprint density at radius 1 is 1.16 bits per heavy atom. The highest BCUT2D eigenvalue weighted by Crippen LogP contribution is 2.30. The van der Waals surface area contributed by atoms with Crippen molar-refractivity contribution in [3.63, 3.8) is 0 Å². The lowest BCUT2D eigenvalue weighted by atomic mass is 10.0. The molecular formula is C22H24ClNO7S. The lowest BCUT2D eigenvalue weighted by Gasteiger charge is -2.23. The molecule has 1 N–H and O–H groups in total. The van der Waals surface area contributed by atoms with Gasteiger partial charge in [-0.25, -0.2) is 13.2 Å². The van der Waals surface area contributed by atoms with Crippen LogP contribution in [0, 0.1) is 0 Å². The van der Waals surface area contributed by atoms with Crippen LogP contribution >= 0.6 is 11.6 Å². The summed E-state index contributed by atoms with van der Waals surface area (Å²) in [7, 11) is -1.73. The Hall–Kier alpha value is -2.78. The van der Waals surface area contributed by atoms with Gasteiger partial charge in [0.25, 0.3) is 5.91 Å². The summed E-state index contributed by atoms with van der Waals surface area (Å²) >= 11 is 6.13. The quantitative estimate of drug-likeness (QED) is 0.577. The first-order chi connectivity index (χ1) is 15.1. The number of rotatable bonds is 8. The largest absolute Gasteiger partial charge is 0.493 e. The molecule has 1 amide bonds. The van der Waals surface area contributed by atoms with Crippen LogP contribution in [0.4, 0.5) is 0 Å². The highest BCUT2D eigenvalue weighted by Gasteiger charge is 2.39. The van der Waals surface area contributed by atoms with Gasteiger partial charge in [-0.3, -0.25) is 4.79 Å². The standard InChI is InChI=1S/C22H24ClNO7S/c1-22(9-10-32(27,28)14-22)24-20(25)13-31-21(26)15-7-8-18(19(11-15)29-2)30-12-16-5-3-4-6-17(16)23/h3-8,11H,9-10,12-14H2,1-2H3,(H,24,25). The van der Waals surface area contributed by atoms with E-state index in [1.165, 1.54) is 19.2 Å². The van der Waals surface area contributed by atoms with E-state index in [-0.39, 0.29) is 23.7 Å². The Morgan fingerprint density at radius 2 is 1.91 bits per heavy atom. The smallest absolute Gasteiger partial charge is 0.338 e. The van der Waals surface area contributed by atoms with Gasteiger partial charge in [-0.05, 0) is 37.6 Å². The Kier molecular flexibility index (Phi) is 7.30. The van der Waals surface area contributed by atoms with E-state index in [0.29, 0.717) is 22.9 Å². The van der Waals surface area contributed by atoms with Gasteiger partial charge < -0.3 is 19.5 Å². The Morgan fingerprint density at radius 3 is 2.56 bits per heavy atom. The van der Waals surface area contributed by atoms with Crippen LogP contribution in [-0.2, 0) is 26.0 Å². The first-order valence-corrected chi connectivity index (χ1v) is 12.0.